The molecule has 0 saturated carbocycles. The number of para-hydroxylation sites is 1. The zero-order chi connectivity index (χ0) is 21.0. The second-order valence-electron chi connectivity index (χ2n) is 7.09. The van der Waals surface area contributed by atoms with Crippen LogP contribution in [0.4, 0.5) is 11.4 Å². The molecule has 0 unspecified atom stereocenters. The molecule has 29 heavy (non-hydrogen) atoms. The lowest BCUT2D eigenvalue weighted by Gasteiger charge is -2.18. The predicted molar refractivity (Wildman–Crippen MR) is 103 cm³/mol. The molecule has 1 aliphatic heterocycles. The fourth-order valence-electron chi connectivity index (χ4n) is 2.92. The van der Waals surface area contributed by atoms with Crippen molar-refractivity contribution in [3.63, 3.8) is 0 Å². The summed E-state index contributed by atoms with van der Waals surface area (Å²) in [6.07, 6.45) is 0.738. The molecule has 1 amide bonds. The summed E-state index contributed by atoms with van der Waals surface area (Å²) in [4.78, 5) is 33.9. The first-order chi connectivity index (χ1) is 13.7. The number of ether oxygens (including phenoxy) is 3. The van der Waals surface area contributed by atoms with Crippen LogP contribution in [0.2, 0.25) is 0 Å². The molecule has 2 aromatic carbocycles. The third-order valence-electron chi connectivity index (χ3n) is 4.11. The molecular weight excluding hydrogens is 380 g/mol. The highest BCUT2D eigenvalue weighted by Crippen LogP contribution is 2.41. The number of non-ortho nitro benzene ring substituents is 1. The van der Waals surface area contributed by atoms with E-state index in [0.29, 0.717) is 11.5 Å². The maximum atomic E-state index is 11.9. The summed E-state index contributed by atoms with van der Waals surface area (Å²) in [5.74, 6) is -0.307. The number of carbonyl (C=O) groups excluding carboxylic acids is 2. The number of nitro groups is 1. The normalized spacial score (nSPS) is 13.7. The first kappa shape index (κ1) is 20.1. The quantitative estimate of drug-likeness (QED) is 0.431. The number of nitrogens with zero attached hydrogens (tertiary/aromatic N) is 1. The smallest absolute Gasteiger partial charge is 0.344 e. The zero-order valence-corrected chi connectivity index (χ0v) is 16.0. The molecule has 0 aliphatic carbocycles. The number of rotatable bonds is 7. The van der Waals surface area contributed by atoms with E-state index >= 15 is 0 Å². The number of amides is 1. The van der Waals surface area contributed by atoms with Gasteiger partial charge in [-0.2, -0.15) is 0 Å². The Bertz CT molecular complexity index is 956. The van der Waals surface area contributed by atoms with Gasteiger partial charge in [-0.25, -0.2) is 4.79 Å². The minimum atomic E-state index is -0.728. The van der Waals surface area contributed by atoms with Crippen LogP contribution in [0.3, 0.4) is 0 Å². The van der Waals surface area contributed by atoms with Crippen molar-refractivity contribution in [1.29, 1.82) is 0 Å². The molecular formula is C20H20N2O7. The SMILES string of the molecule is CC1(C)Cc2cccc(OCC(=O)OCC(=O)Nc3cccc([N+](=O)[O-])c3)c2O1. The summed E-state index contributed by atoms with van der Waals surface area (Å²) in [6, 6.07) is 10.9. The van der Waals surface area contributed by atoms with Crippen LogP contribution in [0.1, 0.15) is 19.4 Å². The highest BCUT2D eigenvalue weighted by Gasteiger charge is 2.32. The highest BCUT2D eigenvalue weighted by atomic mass is 16.6. The Morgan fingerprint density at radius 2 is 1.97 bits per heavy atom. The fraction of sp³-hybridized carbons (Fsp3) is 0.300. The van der Waals surface area contributed by atoms with Crippen molar-refractivity contribution in [2.45, 2.75) is 25.9 Å². The molecule has 0 bridgehead atoms. The molecule has 0 saturated heterocycles. The van der Waals surface area contributed by atoms with E-state index in [9.17, 15) is 19.7 Å². The van der Waals surface area contributed by atoms with Crippen LogP contribution in [0.25, 0.3) is 0 Å². The molecule has 3 rings (SSSR count). The third kappa shape index (κ3) is 5.22. The van der Waals surface area contributed by atoms with Gasteiger partial charge in [0, 0.05) is 29.8 Å². The zero-order valence-electron chi connectivity index (χ0n) is 16.0. The molecule has 152 valence electrons. The predicted octanol–water partition coefficient (Wildman–Crippen LogP) is 2.87. The fourth-order valence-corrected chi connectivity index (χ4v) is 2.92. The Hall–Kier alpha value is -3.62. The number of anilines is 1. The molecule has 0 spiro atoms. The van der Waals surface area contributed by atoms with Gasteiger partial charge in [-0.05, 0) is 26.0 Å². The maximum absolute atomic E-state index is 11.9. The Kier molecular flexibility index (Phi) is 5.67. The van der Waals surface area contributed by atoms with Crippen LogP contribution < -0.4 is 14.8 Å². The Balaban J connectivity index is 1.48. The van der Waals surface area contributed by atoms with Gasteiger partial charge in [0.15, 0.2) is 24.7 Å². The Labute approximate surface area is 166 Å². The largest absolute Gasteiger partial charge is 0.483 e. The van der Waals surface area contributed by atoms with Crippen molar-refractivity contribution in [3.8, 4) is 11.5 Å². The second kappa shape index (κ2) is 8.17. The van der Waals surface area contributed by atoms with Crippen molar-refractivity contribution in [3.05, 3.63) is 58.1 Å². The average Bonchev–Trinajstić information content (AvgIpc) is 2.99. The lowest BCUT2D eigenvalue weighted by molar-refractivity contribution is -0.384. The lowest BCUT2D eigenvalue weighted by Crippen LogP contribution is -2.25. The Morgan fingerprint density at radius 1 is 1.21 bits per heavy atom. The van der Waals surface area contributed by atoms with Gasteiger partial charge in [0.2, 0.25) is 0 Å². The van der Waals surface area contributed by atoms with Gasteiger partial charge >= 0.3 is 5.97 Å². The van der Waals surface area contributed by atoms with Crippen LogP contribution in [0.5, 0.6) is 11.5 Å². The summed E-state index contributed by atoms with van der Waals surface area (Å²) in [5.41, 5.74) is 0.731. The van der Waals surface area contributed by atoms with Gasteiger partial charge in [-0.3, -0.25) is 14.9 Å². The first-order valence-corrected chi connectivity index (χ1v) is 8.87. The number of nitro benzene ring substituents is 1. The number of nitrogens with one attached hydrogen (secondary N) is 1. The van der Waals surface area contributed by atoms with Crippen molar-refractivity contribution < 1.29 is 28.7 Å². The van der Waals surface area contributed by atoms with Gasteiger partial charge in [0.1, 0.15) is 5.60 Å². The van der Waals surface area contributed by atoms with Crippen molar-refractivity contribution in [2.75, 3.05) is 18.5 Å². The third-order valence-corrected chi connectivity index (χ3v) is 4.11. The monoisotopic (exact) mass is 400 g/mol. The van der Waals surface area contributed by atoms with Gasteiger partial charge in [0.05, 0.1) is 4.92 Å². The summed E-state index contributed by atoms with van der Waals surface area (Å²) in [6.45, 7) is 3.00. The number of benzene rings is 2. The van der Waals surface area contributed by atoms with Crippen LogP contribution in [0.15, 0.2) is 42.5 Å². The van der Waals surface area contributed by atoms with E-state index in [-0.39, 0.29) is 23.6 Å². The first-order valence-electron chi connectivity index (χ1n) is 8.87. The van der Waals surface area contributed by atoms with E-state index < -0.39 is 23.4 Å². The molecule has 1 aliphatic rings. The van der Waals surface area contributed by atoms with Crippen molar-refractivity contribution in [2.24, 2.45) is 0 Å². The standard InChI is InChI=1S/C20H20N2O7/c1-20(2)10-13-5-3-8-16(19(13)29-20)27-12-18(24)28-11-17(23)21-14-6-4-7-15(9-14)22(25)26/h3-9H,10-12H2,1-2H3,(H,21,23). The van der Waals surface area contributed by atoms with E-state index in [2.05, 4.69) is 5.32 Å². The number of carbonyl (C=O) groups is 2. The number of fused-ring (bicyclic) bond motifs is 1. The molecule has 0 radical (unpaired) electrons. The molecule has 9 nitrogen and oxygen atoms in total. The average molecular weight is 400 g/mol. The van der Waals surface area contributed by atoms with Gasteiger partial charge in [-0.15, -0.1) is 0 Å². The van der Waals surface area contributed by atoms with E-state index in [1.165, 1.54) is 24.3 Å². The molecule has 2 aromatic rings. The summed E-state index contributed by atoms with van der Waals surface area (Å²) in [5, 5.41) is 13.2. The molecule has 0 fully saturated rings. The van der Waals surface area contributed by atoms with E-state index in [4.69, 9.17) is 14.2 Å². The molecule has 1 N–H and O–H groups in total. The summed E-state index contributed by atoms with van der Waals surface area (Å²) < 4.78 is 16.2. The van der Waals surface area contributed by atoms with Gasteiger partial charge in [-0.1, -0.05) is 18.2 Å². The number of esters is 1. The van der Waals surface area contributed by atoms with Crippen molar-refractivity contribution >= 4 is 23.3 Å². The topological polar surface area (TPSA) is 117 Å². The summed E-state index contributed by atoms with van der Waals surface area (Å²) in [7, 11) is 0. The summed E-state index contributed by atoms with van der Waals surface area (Å²) >= 11 is 0. The maximum Gasteiger partial charge on any atom is 0.344 e. The second-order valence-corrected chi connectivity index (χ2v) is 7.09. The van der Waals surface area contributed by atoms with Crippen LogP contribution in [-0.2, 0) is 20.7 Å². The van der Waals surface area contributed by atoms with Gasteiger partial charge in [0.25, 0.3) is 11.6 Å². The van der Waals surface area contributed by atoms with Crippen LogP contribution in [0, 0.1) is 10.1 Å². The molecule has 0 aromatic heterocycles. The van der Waals surface area contributed by atoms with E-state index in [1.54, 1.807) is 6.07 Å². The highest BCUT2D eigenvalue weighted by molar-refractivity contribution is 5.93. The number of hydrogen-bond acceptors (Lipinski definition) is 7. The van der Waals surface area contributed by atoms with Crippen molar-refractivity contribution in [1.82, 2.24) is 0 Å². The molecule has 0 atom stereocenters. The minimum absolute atomic E-state index is 0.158. The Morgan fingerprint density at radius 3 is 2.72 bits per heavy atom. The van der Waals surface area contributed by atoms with E-state index in [1.807, 2.05) is 26.0 Å². The van der Waals surface area contributed by atoms with E-state index in [0.717, 1.165) is 12.0 Å². The van der Waals surface area contributed by atoms with Crippen LogP contribution in [-0.4, -0.2) is 35.6 Å². The lowest BCUT2D eigenvalue weighted by atomic mass is 10.0. The molecule has 1 heterocycles. The molecule has 9 heteroatoms. The number of hydrogen-bond donors (Lipinski definition) is 1. The minimum Gasteiger partial charge on any atom is -0.483 e. The van der Waals surface area contributed by atoms with Crippen LogP contribution >= 0.6 is 0 Å². The van der Waals surface area contributed by atoms with Gasteiger partial charge < -0.3 is 19.5 Å².